The first-order chi connectivity index (χ1) is 12.1. The third kappa shape index (κ3) is 3.88. The predicted octanol–water partition coefficient (Wildman–Crippen LogP) is 0.0717. The molecule has 0 atom stereocenters. The number of amides is 1. The van der Waals surface area contributed by atoms with Crippen molar-refractivity contribution in [2.75, 3.05) is 5.73 Å². The molecule has 0 bridgehead atoms. The molecule has 8 nitrogen and oxygen atoms in total. The summed E-state index contributed by atoms with van der Waals surface area (Å²) in [5.41, 5.74) is 8.31. The van der Waals surface area contributed by atoms with E-state index in [-0.39, 0.29) is 17.4 Å². The van der Waals surface area contributed by atoms with Crippen LogP contribution in [0.3, 0.4) is 0 Å². The van der Waals surface area contributed by atoms with Gasteiger partial charge in [-0.1, -0.05) is 6.07 Å². The number of carbonyl (C=O) groups is 1. The molecule has 25 heavy (non-hydrogen) atoms. The number of aromatic amines is 2. The number of carbonyl (C=O) groups excluding carboxylic acids is 1. The number of aryl methyl sites for hydroxylation is 2. The summed E-state index contributed by atoms with van der Waals surface area (Å²) >= 11 is 0. The molecule has 0 aliphatic rings. The smallest absolute Gasteiger partial charge is 0.261 e. The van der Waals surface area contributed by atoms with Crippen LogP contribution in [0.25, 0.3) is 11.0 Å². The van der Waals surface area contributed by atoms with Crippen LogP contribution < -0.4 is 16.5 Å². The molecule has 0 spiro atoms. The number of nitrogens with zero attached hydrogens (tertiary/aromatic N) is 2. The minimum Gasteiger partial charge on any atom is -0.401 e. The summed E-state index contributed by atoms with van der Waals surface area (Å²) in [7, 11) is 1.58. The third-order valence-electron chi connectivity index (χ3n) is 4.02. The lowest BCUT2D eigenvalue weighted by molar-refractivity contribution is 0.0976. The van der Waals surface area contributed by atoms with Crippen molar-refractivity contribution in [2.24, 2.45) is 0 Å². The van der Waals surface area contributed by atoms with Crippen LogP contribution in [0.1, 0.15) is 34.6 Å². The number of aromatic nitrogens is 4. The summed E-state index contributed by atoms with van der Waals surface area (Å²) < 4.78 is 0. The van der Waals surface area contributed by atoms with Gasteiger partial charge in [-0.25, -0.2) is 0 Å². The lowest BCUT2D eigenvalue weighted by Gasteiger charge is -2.03. The van der Waals surface area contributed by atoms with Crippen molar-refractivity contribution in [1.29, 1.82) is 0 Å². The molecule has 0 saturated heterocycles. The van der Waals surface area contributed by atoms with Crippen molar-refractivity contribution in [3.05, 3.63) is 51.7 Å². The van der Waals surface area contributed by atoms with E-state index in [1.807, 2.05) is 12.1 Å². The molecule has 0 radical (unpaired) electrons. The minimum absolute atomic E-state index is 0.110. The van der Waals surface area contributed by atoms with Crippen LogP contribution in [0.2, 0.25) is 0 Å². The molecule has 0 fully saturated rings. The summed E-state index contributed by atoms with van der Waals surface area (Å²) in [4.78, 5) is 37.1. The Morgan fingerprint density at radius 1 is 1.24 bits per heavy atom. The molecule has 0 unspecified atom stereocenters. The summed E-state index contributed by atoms with van der Waals surface area (Å²) in [5.74, 6) is -0.0757. The van der Waals surface area contributed by atoms with Gasteiger partial charge in [-0.05, 0) is 43.4 Å². The number of nitrogens with one attached hydrogen (secondary N) is 3. The summed E-state index contributed by atoms with van der Waals surface area (Å²) in [6.07, 6.45) is 5.37. The first kappa shape index (κ1) is 16.8. The number of hydrogen-bond acceptors (Lipinski definition) is 5. The SMILES string of the molecule is BNC(=O)c1ccc(CCCCc2cc3c(=O)[nH]c(N)nc3[nH]2)cn1. The fraction of sp³-hybridized carbons (Fsp3) is 0.250. The Balaban J connectivity index is 1.54. The van der Waals surface area contributed by atoms with Crippen LogP contribution in [0, 0.1) is 0 Å². The Bertz CT molecular complexity index is 947. The number of nitrogen functional groups attached to an aromatic ring is 1. The van der Waals surface area contributed by atoms with Crippen molar-refractivity contribution in [3.8, 4) is 0 Å². The molecule has 3 rings (SSSR count). The number of H-pyrrole nitrogens is 2. The van der Waals surface area contributed by atoms with Crippen molar-refractivity contribution in [3.63, 3.8) is 0 Å². The largest absolute Gasteiger partial charge is 0.401 e. The van der Waals surface area contributed by atoms with Gasteiger partial charge in [-0.2, -0.15) is 4.98 Å². The molecule has 9 heteroatoms. The number of hydrogen-bond donors (Lipinski definition) is 4. The highest BCUT2D eigenvalue weighted by Gasteiger charge is 2.07. The van der Waals surface area contributed by atoms with Gasteiger partial charge in [0.05, 0.1) is 5.39 Å². The fourth-order valence-corrected chi connectivity index (χ4v) is 2.71. The minimum atomic E-state index is -0.229. The van der Waals surface area contributed by atoms with Crippen molar-refractivity contribution < 1.29 is 4.79 Å². The van der Waals surface area contributed by atoms with Gasteiger partial charge >= 0.3 is 0 Å². The predicted molar refractivity (Wildman–Crippen MR) is 98.0 cm³/mol. The number of unbranched alkanes of at least 4 members (excludes halogenated alkanes) is 1. The Morgan fingerprint density at radius 2 is 2.04 bits per heavy atom. The Kier molecular flexibility index (Phi) is 4.83. The quantitative estimate of drug-likeness (QED) is 0.373. The highest BCUT2D eigenvalue weighted by Crippen LogP contribution is 2.13. The van der Waals surface area contributed by atoms with Gasteiger partial charge < -0.3 is 15.9 Å². The zero-order valence-corrected chi connectivity index (χ0v) is 13.9. The van der Waals surface area contributed by atoms with Crippen LogP contribution in [-0.2, 0) is 12.8 Å². The Labute approximate surface area is 144 Å². The van der Waals surface area contributed by atoms with Crippen LogP contribution in [0.5, 0.6) is 0 Å². The van der Waals surface area contributed by atoms with E-state index in [9.17, 15) is 9.59 Å². The first-order valence-electron chi connectivity index (χ1n) is 8.11. The van der Waals surface area contributed by atoms with Gasteiger partial charge in [0.1, 0.15) is 11.3 Å². The maximum absolute atomic E-state index is 11.8. The standard InChI is InChI=1S/C16H19BN6O2/c17-23-15(25)12-6-5-9(8-19-12)3-1-2-4-10-7-11-13(20-10)21-16(18)22-14(11)24/h5-8H,1-4,17H2,(H,23,25)(H4,18,20,21,22,24). The van der Waals surface area contributed by atoms with Gasteiger partial charge in [0.2, 0.25) is 13.9 Å². The molecular weight excluding hydrogens is 319 g/mol. The average Bonchev–Trinajstić information content (AvgIpc) is 3.01. The monoisotopic (exact) mass is 338 g/mol. The molecule has 128 valence electrons. The van der Waals surface area contributed by atoms with Crippen molar-refractivity contribution in [1.82, 2.24) is 25.2 Å². The highest BCUT2D eigenvalue weighted by molar-refractivity contribution is 6.17. The number of rotatable bonds is 6. The normalized spacial score (nSPS) is 10.9. The maximum atomic E-state index is 11.8. The van der Waals surface area contributed by atoms with Crippen LogP contribution in [0.15, 0.2) is 29.2 Å². The van der Waals surface area contributed by atoms with E-state index >= 15 is 0 Å². The van der Waals surface area contributed by atoms with Crippen LogP contribution in [-0.4, -0.2) is 33.8 Å². The lowest BCUT2D eigenvalue weighted by atomic mass is 10.1. The van der Waals surface area contributed by atoms with E-state index in [1.54, 1.807) is 20.2 Å². The molecular formula is C16H19BN6O2. The molecule has 0 aromatic carbocycles. The number of fused-ring (bicyclic) bond motifs is 1. The van der Waals surface area contributed by atoms with E-state index in [4.69, 9.17) is 5.73 Å². The highest BCUT2D eigenvalue weighted by atomic mass is 16.1. The Morgan fingerprint density at radius 3 is 2.76 bits per heavy atom. The summed E-state index contributed by atoms with van der Waals surface area (Å²) in [6.45, 7) is 0. The van der Waals surface area contributed by atoms with Crippen molar-refractivity contribution >= 4 is 30.9 Å². The zero-order chi connectivity index (χ0) is 17.8. The molecule has 5 N–H and O–H groups in total. The third-order valence-corrected chi connectivity index (χ3v) is 4.02. The topological polar surface area (TPSA) is 130 Å². The average molecular weight is 338 g/mol. The second-order valence-corrected chi connectivity index (χ2v) is 5.85. The van der Waals surface area contributed by atoms with Gasteiger partial charge in [0.15, 0.2) is 0 Å². The van der Waals surface area contributed by atoms with Crippen LogP contribution in [0.4, 0.5) is 5.95 Å². The molecule has 0 aliphatic heterocycles. The number of anilines is 1. The van der Waals surface area contributed by atoms with Gasteiger partial charge in [0, 0.05) is 11.9 Å². The summed E-state index contributed by atoms with van der Waals surface area (Å²) in [5, 5.41) is 3.07. The first-order valence-corrected chi connectivity index (χ1v) is 8.11. The molecule has 3 aromatic heterocycles. The molecule has 3 heterocycles. The second-order valence-electron chi connectivity index (χ2n) is 5.85. The van der Waals surface area contributed by atoms with E-state index in [1.165, 1.54) is 0 Å². The number of pyridine rings is 1. The van der Waals surface area contributed by atoms with Gasteiger partial charge in [0.25, 0.3) is 11.5 Å². The van der Waals surface area contributed by atoms with E-state index < -0.39 is 0 Å². The van der Waals surface area contributed by atoms with E-state index in [0.29, 0.717) is 16.7 Å². The summed E-state index contributed by atoms with van der Waals surface area (Å²) in [6, 6.07) is 5.47. The van der Waals surface area contributed by atoms with Gasteiger partial charge in [-0.15, -0.1) is 0 Å². The molecule has 3 aromatic rings. The van der Waals surface area contributed by atoms with E-state index in [0.717, 1.165) is 36.9 Å². The lowest BCUT2D eigenvalue weighted by Crippen LogP contribution is -2.20. The van der Waals surface area contributed by atoms with Gasteiger partial charge in [-0.3, -0.25) is 19.6 Å². The van der Waals surface area contributed by atoms with Crippen LogP contribution >= 0.6 is 0 Å². The van der Waals surface area contributed by atoms with Crippen molar-refractivity contribution in [2.45, 2.75) is 25.7 Å². The maximum Gasteiger partial charge on any atom is 0.261 e. The van der Waals surface area contributed by atoms with E-state index in [2.05, 4.69) is 25.2 Å². The second kappa shape index (κ2) is 7.21. The fourth-order valence-electron chi connectivity index (χ4n) is 2.71. The Hall–Kier alpha value is -3.10. The molecule has 0 saturated carbocycles. The molecule has 1 amide bonds. The molecule has 0 aliphatic carbocycles. The zero-order valence-electron chi connectivity index (χ0n) is 13.9. The number of nitrogens with two attached hydrogens (primary N) is 1.